The number of hydrogen-bond acceptors (Lipinski definition) is 3. The summed E-state index contributed by atoms with van der Waals surface area (Å²) in [6.07, 6.45) is 0. The van der Waals surface area contributed by atoms with Gasteiger partial charge < -0.3 is 9.97 Å². The van der Waals surface area contributed by atoms with Crippen LogP contribution < -0.4 is 11.5 Å². The molecule has 1 aromatic carbocycles. The summed E-state index contributed by atoms with van der Waals surface area (Å²) in [6.45, 7) is 3.59. The highest BCUT2D eigenvalue weighted by atomic mass is 16.2. The maximum absolute atomic E-state index is 12.0. The number of likely N-dealkylation sites (N-methyl/N-ethyl adjacent to an activating group) is 1. The number of rotatable bonds is 2. The van der Waals surface area contributed by atoms with E-state index in [1.807, 2.05) is 6.07 Å². The van der Waals surface area contributed by atoms with Crippen molar-refractivity contribution in [3.05, 3.63) is 34.2 Å². The normalized spacial score (nSPS) is 11.8. The molecular weight excluding hydrogens is 232 g/mol. The monoisotopic (exact) mass is 248 g/mol. The van der Waals surface area contributed by atoms with E-state index in [-0.39, 0.29) is 11.6 Å². The van der Waals surface area contributed by atoms with Crippen molar-refractivity contribution in [1.82, 2.24) is 15.0 Å². The van der Waals surface area contributed by atoms with E-state index in [9.17, 15) is 9.59 Å². The lowest BCUT2D eigenvalue weighted by molar-refractivity contribution is -0.135. The minimum Gasteiger partial charge on any atom is -0.306 e. The van der Waals surface area contributed by atoms with Crippen LogP contribution in [0.3, 0.4) is 0 Å². The largest absolute Gasteiger partial charge is 0.323 e. The Balaban J connectivity index is 2.53. The van der Waals surface area contributed by atoms with E-state index in [2.05, 4.69) is 9.97 Å². The Hall–Kier alpha value is -2.08. The summed E-state index contributed by atoms with van der Waals surface area (Å²) in [5.41, 5.74) is 1.19. The Morgan fingerprint density at radius 2 is 1.89 bits per heavy atom. The highest BCUT2D eigenvalue weighted by Crippen LogP contribution is 2.26. The van der Waals surface area contributed by atoms with E-state index in [0.29, 0.717) is 11.0 Å². The Bertz CT molecular complexity index is 651. The topological polar surface area (TPSA) is 95.0 Å². The molecule has 1 heterocycles. The van der Waals surface area contributed by atoms with Crippen molar-refractivity contribution >= 4 is 16.9 Å². The van der Waals surface area contributed by atoms with Gasteiger partial charge in [0, 0.05) is 7.05 Å². The molecule has 0 fully saturated rings. The SMILES string of the molecule is CN(N)C(=O)C(C)(C)c1ccc2[nH]c(=O)[nH]c2c1. The van der Waals surface area contributed by atoms with Crippen molar-refractivity contribution in [3.8, 4) is 0 Å². The first kappa shape index (κ1) is 12.4. The number of amides is 1. The first-order chi connectivity index (χ1) is 8.32. The minimum absolute atomic E-state index is 0.195. The number of hydrogen-bond donors (Lipinski definition) is 3. The second-order valence-electron chi connectivity index (χ2n) is 4.88. The van der Waals surface area contributed by atoms with Gasteiger partial charge in [-0.3, -0.25) is 9.80 Å². The van der Waals surface area contributed by atoms with Gasteiger partial charge in [-0.05, 0) is 31.5 Å². The fraction of sp³-hybridized carbons (Fsp3) is 0.333. The van der Waals surface area contributed by atoms with Crippen LogP contribution in [0.15, 0.2) is 23.0 Å². The number of H-pyrrole nitrogens is 2. The molecule has 0 spiro atoms. The number of imidazole rings is 1. The zero-order chi connectivity index (χ0) is 13.5. The number of nitrogens with zero attached hydrogens (tertiary/aromatic N) is 1. The molecule has 0 saturated heterocycles. The van der Waals surface area contributed by atoms with Gasteiger partial charge in [0.2, 0.25) is 5.91 Å². The Morgan fingerprint density at radius 1 is 1.28 bits per heavy atom. The van der Waals surface area contributed by atoms with Crippen molar-refractivity contribution in [2.45, 2.75) is 19.3 Å². The summed E-state index contributed by atoms with van der Waals surface area (Å²) in [6, 6.07) is 5.37. The zero-order valence-corrected chi connectivity index (χ0v) is 10.6. The summed E-state index contributed by atoms with van der Waals surface area (Å²) in [5, 5.41) is 1.07. The van der Waals surface area contributed by atoms with Gasteiger partial charge in [0.25, 0.3) is 0 Å². The smallest absolute Gasteiger partial charge is 0.306 e. The number of benzene rings is 1. The summed E-state index contributed by atoms with van der Waals surface area (Å²) < 4.78 is 0. The molecule has 0 aliphatic rings. The van der Waals surface area contributed by atoms with E-state index < -0.39 is 5.41 Å². The molecule has 0 atom stereocenters. The van der Waals surface area contributed by atoms with E-state index in [4.69, 9.17) is 5.84 Å². The summed E-state index contributed by atoms with van der Waals surface area (Å²) in [5.74, 6) is 5.30. The molecular formula is C12H16N4O2. The molecule has 96 valence electrons. The number of nitrogens with two attached hydrogens (primary N) is 1. The predicted molar refractivity (Wildman–Crippen MR) is 68.9 cm³/mol. The molecule has 0 aliphatic heterocycles. The van der Waals surface area contributed by atoms with Gasteiger partial charge in [0.05, 0.1) is 16.4 Å². The van der Waals surface area contributed by atoms with Crippen LogP contribution in [0.25, 0.3) is 11.0 Å². The molecule has 6 nitrogen and oxygen atoms in total. The Morgan fingerprint density at radius 3 is 2.50 bits per heavy atom. The van der Waals surface area contributed by atoms with E-state index in [1.54, 1.807) is 26.0 Å². The second kappa shape index (κ2) is 3.99. The highest BCUT2D eigenvalue weighted by Gasteiger charge is 2.31. The molecule has 1 aromatic heterocycles. The Kier molecular flexibility index (Phi) is 2.74. The van der Waals surface area contributed by atoms with Crippen LogP contribution in [0.4, 0.5) is 0 Å². The second-order valence-corrected chi connectivity index (χ2v) is 4.88. The van der Waals surface area contributed by atoms with Gasteiger partial charge in [-0.1, -0.05) is 6.07 Å². The van der Waals surface area contributed by atoms with Gasteiger partial charge in [-0.15, -0.1) is 0 Å². The fourth-order valence-electron chi connectivity index (χ4n) is 1.99. The van der Waals surface area contributed by atoms with Crippen LogP contribution in [0.5, 0.6) is 0 Å². The van der Waals surface area contributed by atoms with Gasteiger partial charge in [-0.2, -0.15) is 0 Å². The first-order valence-electron chi connectivity index (χ1n) is 5.58. The van der Waals surface area contributed by atoms with Gasteiger partial charge >= 0.3 is 5.69 Å². The van der Waals surface area contributed by atoms with Crippen molar-refractivity contribution < 1.29 is 4.79 Å². The third-order valence-electron chi connectivity index (χ3n) is 3.09. The third kappa shape index (κ3) is 1.91. The number of carbonyl (C=O) groups is 1. The van der Waals surface area contributed by atoms with Crippen LogP contribution in [0.1, 0.15) is 19.4 Å². The number of aromatic amines is 2. The predicted octanol–water partition coefficient (Wildman–Crippen LogP) is 0.466. The highest BCUT2D eigenvalue weighted by molar-refractivity contribution is 5.88. The van der Waals surface area contributed by atoms with Crippen LogP contribution >= 0.6 is 0 Å². The van der Waals surface area contributed by atoms with E-state index in [1.165, 1.54) is 7.05 Å². The molecule has 1 amide bonds. The van der Waals surface area contributed by atoms with Crippen molar-refractivity contribution in [1.29, 1.82) is 0 Å². The molecule has 2 aromatic rings. The van der Waals surface area contributed by atoms with Gasteiger partial charge in [-0.25, -0.2) is 10.6 Å². The first-order valence-corrected chi connectivity index (χ1v) is 5.58. The number of aromatic nitrogens is 2. The Labute approximate surface area is 104 Å². The quantitative estimate of drug-likeness (QED) is 0.409. The third-order valence-corrected chi connectivity index (χ3v) is 3.09. The summed E-state index contributed by atoms with van der Waals surface area (Å²) in [7, 11) is 1.51. The van der Waals surface area contributed by atoms with E-state index in [0.717, 1.165) is 10.6 Å². The fourth-order valence-corrected chi connectivity index (χ4v) is 1.99. The molecule has 0 aliphatic carbocycles. The summed E-state index contributed by atoms with van der Waals surface area (Å²) >= 11 is 0. The average Bonchev–Trinajstić information content (AvgIpc) is 2.66. The molecule has 6 heteroatoms. The van der Waals surface area contributed by atoms with E-state index >= 15 is 0 Å². The maximum Gasteiger partial charge on any atom is 0.323 e. The molecule has 0 saturated carbocycles. The number of nitrogens with one attached hydrogen (secondary N) is 2. The zero-order valence-electron chi connectivity index (χ0n) is 10.6. The van der Waals surface area contributed by atoms with Crippen LogP contribution in [0.2, 0.25) is 0 Å². The van der Waals surface area contributed by atoms with Crippen LogP contribution in [-0.4, -0.2) is 27.9 Å². The van der Waals surface area contributed by atoms with Gasteiger partial charge in [0.15, 0.2) is 0 Å². The average molecular weight is 248 g/mol. The van der Waals surface area contributed by atoms with Crippen LogP contribution in [0, 0.1) is 0 Å². The maximum atomic E-state index is 12.0. The molecule has 0 bridgehead atoms. The minimum atomic E-state index is -0.744. The lowest BCUT2D eigenvalue weighted by Crippen LogP contribution is -2.44. The molecule has 2 rings (SSSR count). The number of fused-ring (bicyclic) bond motifs is 1. The van der Waals surface area contributed by atoms with Crippen molar-refractivity contribution in [3.63, 3.8) is 0 Å². The van der Waals surface area contributed by atoms with Gasteiger partial charge in [0.1, 0.15) is 0 Å². The van der Waals surface area contributed by atoms with Crippen molar-refractivity contribution in [2.24, 2.45) is 5.84 Å². The lowest BCUT2D eigenvalue weighted by Gasteiger charge is -2.27. The standard InChI is InChI=1S/C12H16N4O2/c1-12(2,10(17)16(3)13)7-4-5-8-9(6-7)15-11(18)14-8/h4-6H,13H2,1-3H3,(H2,14,15,18). The lowest BCUT2D eigenvalue weighted by atomic mass is 9.83. The molecule has 4 N–H and O–H groups in total. The van der Waals surface area contributed by atoms with Crippen molar-refractivity contribution in [2.75, 3.05) is 7.05 Å². The molecule has 0 radical (unpaired) electrons. The van der Waals surface area contributed by atoms with Crippen LogP contribution in [-0.2, 0) is 10.2 Å². The molecule has 18 heavy (non-hydrogen) atoms. The molecule has 0 unspecified atom stereocenters. The number of hydrazine groups is 1. The summed E-state index contributed by atoms with van der Waals surface area (Å²) in [4.78, 5) is 28.5. The number of carbonyl (C=O) groups excluding carboxylic acids is 1.